The molecule has 7 heteroatoms. The van der Waals surface area contributed by atoms with Crippen LogP contribution >= 0.6 is 0 Å². The Bertz CT molecular complexity index is 695. The monoisotopic (exact) mass is 353 g/mol. The Balaban J connectivity index is 2.11. The number of amides is 1. The zero-order chi connectivity index (χ0) is 17.9. The van der Waals surface area contributed by atoms with Crippen molar-refractivity contribution in [1.82, 2.24) is 9.80 Å². The van der Waals surface area contributed by atoms with E-state index in [-0.39, 0.29) is 18.9 Å². The molecule has 2 rings (SSSR count). The molecule has 0 aliphatic carbocycles. The van der Waals surface area contributed by atoms with E-state index in [0.29, 0.717) is 18.8 Å². The maximum atomic E-state index is 12.4. The molecule has 0 radical (unpaired) electrons. The first kappa shape index (κ1) is 18.7. The van der Waals surface area contributed by atoms with Crippen LogP contribution in [-0.2, 0) is 14.8 Å². The molecule has 1 aromatic carbocycles. The molecule has 1 aromatic rings. The highest BCUT2D eigenvalue weighted by atomic mass is 32.2. The Kier molecular flexibility index (Phi) is 5.87. The van der Waals surface area contributed by atoms with Crippen LogP contribution in [0.3, 0.4) is 0 Å². The highest BCUT2D eigenvalue weighted by molar-refractivity contribution is 7.92. The van der Waals surface area contributed by atoms with Crippen LogP contribution in [0.25, 0.3) is 0 Å². The van der Waals surface area contributed by atoms with Gasteiger partial charge in [-0.2, -0.15) is 0 Å². The Labute approximate surface area is 145 Å². The number of hydrogen-bond donors (Lipinski definition) is 0. The largest absolute Gasteiger partial charge is 0.340 e. The highest BCUT2D eigenvalue weighted by Crippen LogP contribution is 2.25. The molecule has 1 aliphatic heterocycles. The van der Waals surface area contributed by atoms with Gasteiger partial charge in [0, 0.05) is 39.1 Å². The summed E-state index contributed by atoms with van der Waals surface area (Å²) in [5.41, 5.74) is 2.62. The Morgan fingerprint density at radius 3 is 2.38 bits per heavy atom. The predicted octanol–water partition coefficient (Wildman–Crippen LogP) is 1.23. The number of benzene rings is 1. The molecule has 134 valence electrons. The summed E-state index contributed by atoms with van der Waals surface area (Å²) in [5.74, 6) is 0.0158. The van der Waals surface area contributed by atoms with Crippen molar-refractivity contribution in [3.8, 4) is 0 Å². The summed E-state index contributed by atoms with van der Waals surface area (Å²) < 4.78 is 25.8. The van der Waals surface area contributed by atoms with Gasteiger partial charge in [-0.15, -0.1) is 0 Å². The predicted molar refractivity (Wildman–Crippen MR) is 96.8 cm³/mol. The van der Waals surface area contributed by atoms with Crippen molar-refractivity contribution in [3.05, 3.63) is 29.3 Å². The standard InChI is InChI=1S/C17H27N3O3S/c1-14-6-5-7-16(15(14)2)20(24(4,22)23)9-8-17(21)19-12-10-18(3)11-13-19/h5-7H,8-13H2,1-4H3. The summed E-state index contributed by atoms with van der Waals surface area (Å²) in [4.78, 5) is 16.4. The lowest BCUT2D eigenvalue weighted by atomic mass is 10.1. The summed E-state index contributed by atoms with van der Waals surface area (Å²) in [6, 6.07) is 5.59. The number of hydrogen-bond acceptors (Lipinski definition) is 4. The molecule has 1 fully saturated rings. The van der Waals surface area contributed by atoms with Crippen molar-refractivity contribution in [2.45, 2.75) is 20.3 Å². The number of carbonyl (C=O) groups excluding carboxylic acids is 1. The molecule has 0 saturated carbocycles. The van der Waals surface area contributed by atoms with Gasteiger partial charge in [0.25, 0.3) is 0 Å². The van der Waals surface area contributed by atoms with Gasteiger partial charge in [0.1, 0.15) is 0 Å². The van der Waals surface area contributed by atoms with E-state index < -0.39 is 10.0 Å². The summed E-state index contributed by atoms with van der Waals surface area (Å²) in [6.45, 7) is 7.17. The number of likely N-dealkylation sites (N-methyl/N-ethyl adjacent to an activating group) is 1. The van der Waals surface area contributed by atoms with Crippen molar-refractivity contribution >= 4 is 21.6 Å². The number of rotatable bonds is 5. The molecular weight excluding hydrogens is 326 g/mol. The summed E-state index contributed by atoms with van der Waals surface area (Å²) in [6.07, 6.45) is 1.39. The number of sulfonamides is 1. The van der Waals surface area contributed by atoms with E-state index in [0.717, 1.165) is 24.2 Å². The van der Waals surface area contributed by atoms with Crippen molar-refractivity contribution in [2.75, 3.05) is 50.3 Å². The van der Waals surface area contributed by atoms with Crippen LogP contribution in [0.5, 0.6) is 0 Å². The first-order chi connectivity index (χ1) is 11.2. The minimum atomic E-state index is -3.44. The van der Waals surface area contributed by atoms with Crippen LogP contribution in [0.1, 0.15) is 17.5 Å². The Hall–Kier alpha value is -1.60. The molecule has 1 aliphatic rings. The summed E-state index contributed by atoms with van der Waals surface area (Å²) in [7, 11) is -1.40. The van der Waals surface area contributed by atoms with Gasteiger partial charge in [0.05, 0.1) is 11.9 Å². The van der Waals surface area contributed by atoms with Crippen molar-refractivity contribution in [3.63, 3.8) is 0 Å². The molecule has 0 N–H and O–H groups in total. The fourth-order valence-corrected chi connectivity index (χ4v) is 3.86. The van der Waals surface area contributed by atoms with Crippen LogP contribution in [0.4, 0.5) is 5.69 Å². The molecule has 24 heavy (non-hydrogen) atoms. The molecule has 0 unspecified atom stereocenters. The van der Waals surface area contributed by atoms with E-state index in [1.165, 1.54) is 10.6 Å². The fourth-order valence-electron chi connectivity index (χ4n) is 2.88. The average molecular weight is 353 g/mol. The highest BCUT2D eigenvalue weighted by Gasteiger charge is 2.23. The molecule has 0 spiro atoms. The Morgan fingerprint density at radius 1 is 1.17 bits per heavy atom. The zero-order valence-electron chi connectivity index (χ0n) is 14.9. The van der Waals surface area contributed by atoms with Gasteiger partial charge in [-0.05, 0) is 38.1 Å². The lowest BCUT2D eigenvalue weighted by molar-refractivity contribution is -0.132. The van der Waals surface area contributed by atoms with Gasteiger partial charge >= 0.3 is 0 Å². The van der Waals surface area contributed by atoms with E-state index in [1.807, 2.05) is 37.9 Å². The number of carbonyl (C=O) groups is 1. The molecule has 1 saturated heterocycles. The second-order valence-corrected chi connectivity index (χ2v) is 8.40. The Morgan fingerprint density at radius 2 is 1.79 bits per heavy atom. The first-order valence-electron chi connectivity index (χ1n) is 8.20. The third-order valence-electron chi connectivity index (χ3n) is 4.63. The molecule has 6 nitrogen and oxygen atoms in total. The maximum absolute atomic E-state index is 12.4. The van der Waals surface area contributed by atoms with Crippen LogP contribution in [0.2, 0.25) is 0 Å². The second-order valence-electron chi connectivity index (χ2n) is 6.49. The second kappa shape index (κ2) is 7.53. The number of anilines is 1. The SMILES string of the molecule is Cc1cccc(N(CCC(=O)N2CCN(C)CC2)S(C)(=O)=O)c1C. The smallest absolute Gasteiger partial charge is 0.232 e. The van der Waals surface area contributed by atoms with E-state index in [4.69, 9.17) is 0 Å². The van der Waals surface area contributed by atoms with Gasteiger partial charge in [-0.1, -0.05) is 12.1 Å². The molecule has 1 heterocycles. The lowest BCUT2D eigenvalue weighted by Gasteiger charge is -2.33. The quantitative estimate of drug-likeness (QED) is 0.799. The summed E-state index contributed by atoms with van der Waals surface area (Å²) >= 11 is 0. The fraction of sp³-hybridized carbons (Fsp3) is 0.588. The van der Waals surface area contributed by atoms with E-state index in [1.54, 1.807) is 6.07 Å². The maximum Gasteiger partial charge on any atom is 0.232 e. The van der Waals surface area contributed by atoms with Crippen molar-refractivity contribution < 1.29 is 13.2 Å². The van der Waals surface area contributed by atoms with Gasteiger partial charge in [0.2, 0.25) is 15.9 Å². The number of aryl methyl sites for hydroxylation is 1. The molecule has 1 amide bonds. The molecule has 0 atom stereocenters. The average Bonchev–Trinajstić information content (AvgIpc) is 2.50. The minimum Gasteiger partial charge on any atom is -0.340 e. The minimum absolute atomic E-state index is 0.0158. The lowest BCUT2D eigenvalue weighted by Crippen LogP contribution is -2.48. The number of nitrogens with zero attached hydrogens (tertiary/aromatic N) is 3. The zero-order valence-corrected chi connectivity index (χ0v) is 15.8. The van der Waals surface area contributed by atoms with Crippen LogP contribution < -0.4 is 4.31 Å². The normalized spacial score (nSPS) is 16.2. The topological polar surface area (TPSA) is 60.9 Å². The van der Waals surface area contributed by atoms with Gasteiger partial charge in [-0.3, -0.25) is 9.10 Å². The first-order valence-corrected chi connectivity index (χ1v) is 10.0. The van der Waals surface area contributed by atoms with Crippen molar-refractivity contribution in [2.24, 2.45) is 0 Å². The third-order valence-corrected chi connectivity index (χ3v) is 5.81. The van der Waals surface area contributed by atoms with Gasteiger partial charge in [0.15, 0.2) is 0 Å². The molecule has 0 aromatic heterocycles. The van der Waals surface area contributed by atoms with Gasteiger partial charge in [-0.25, -0.2) is 8.42 Å². The summed E-state index contributed by atoms with van der Waals surface area (Å²) in [5, 5.41) is 0. The van der Waals surface area contributed by atoms with Crippen molar-refractivity contribution in [1.29, 1.82) is 0 Å². The van der Waals surface area contributed by atoms with Gasteiger partial charge < -0.3 is 9.80 Å². The van der Waals surface area contributed by atoms with E-state index in [9.17, 15) is 13.2 Å². The molecular formula is C17H27N3O3S. The van der Waals surface area contributed by atoms with Crippen LogP contribution in [-0.4, -0.2) is 70.2 Å². The van der Waals surface area contributed by atoms with E-state index >= 15 is 0 Å². The third kappa shape index (κ3) is 4.48. The molecule has 0 bridgehead atoms. The van der Waals surface area contributed by atoms with E-state index in [2.05, 4.69) is 4.90 Å². The number of piperazine rings is 1. The van der Waals surface area contributed by atoms with Crippen LogP contribution in [0.15, 0.2) is 18.2 Å². The van der Waals surface area contributed by atoms with Crippen LogP contribution in [0, 0.1) is 13.8 Å².